The van der Waals surface area contributed by atoms with Crippen molar-refractivity contribution in [2.24, 2.45) is 0 Å². The zero-order valence-electron chi connectivity index (χ0n) is 10.9. The second kappa shape index (κ2) is 5.90. The fraction of sp³-hybridized carbons (Fsp3) is 0.462. The highest BCUT2D eigenvalue weighted by Gasteiger charge is 2.23. The first-order valence-electron chi connectivity index (χ1n) is 5.99. The minimum atomic E-state index is -1.05. The fourth-order valence-electron chi connectivity index (χ4n) is 2.11. The van der Waals surface area contributed by atoms with Gasteiger partial charge >= 0.3 is 5.97 Å². The lowest BCUT2D eigenvalue weighted by Crippen LogP contribution is -2.33. The van der Waals surface area contributed by atoms with Gasteiger partial charge < -0.3 is 24.6 Å². The summed E-state index contributed by atoms with van der Waals surface area (Å²) >= 11 is 0. The molecule has 1 aliphatic heterocycles. The number of hydrogen-bond acceptors (Lipinski definition) is 5. The van der Waals surface area contributed by atoms with Crippen molar-refractivity contribution in [3.8, 4) is 11.5 Å². The average molecular weight is 267 g/mol. The van der Waals surface area contributed by atoms with Gasteiger partial charge in [0.15, 0.2) is 11.5 Å². The maximum atomic E-state index is 11.3. The molecule has 1 saturated heterocycles. The van der Waals surface area contributed by atoms with E-state index in [1.807, 2.05) is 0 Å². The monoisotopic (exact) mass is 267 g/mol. The summed E-state index contributed by atoms with van der Waals surface area (Å²) in [6.45, 7) is 2.05. The van der Waals surface area contributed by atoms with Crippen LogP contribution in [-0.4, -0.2) is 45.0 Å². The number of carboxylic acid groups (broad SMARTS) is 1. The van der Waals surface area contributed by atoms with Gasteiger partial charge in [-0.25, -0.2) is 4.79 Å². The van der Waals surface area contributed by atoms with Crippen LogP contribution in [0, 0.1) is 0 Å². The SMILES string of the molecule is COc1cc(C2CNCCO2)cc(C(=O)O)c1OC. The van der Waals surface area contributed by atoms with E-state index in [4.69, 9.17) is 14.2 Å². The molecule has 1 fully saturated rings. The molecule has 1 aliphatic rings. The topological polar surface area (TPSA) is 77.0 Å². The number of carboxylic acids is 1. The van der Waals surface area contributed by atoms with E-state index in [-0.39, 0.29) is 17.4 Å². The van der Waals surface area contributed by atoms with Gasteiger partial charge in [-0.1, -0.05) is 0 Å². The van der Waals surface area contributed by atoms with E-state index in [2.05, 4.69) is 5.32 Å². The molecule has 6 nitrogen and oxygen atoms in total. The zero-order chi connectivity index (χ0) is 13.8. The van der Waals surface area contributed by atoms with Crippen molar-refractivity contribution in [2.45, 2.75) is 6.10 Å². The molecule has 2 N–H and O–H groups in total. The van der Waals surface area contributed by atoms with Crippen molar-refractivity contribution in [2.75, 3.05) is 33.9 Å². The summed E-state index contributed by atoms with van der Waals surface area (Å²) < 4.78 is 15.9. The van der Waals surface area contributed by atoms with Crippen LogP contribution in [0.1, 0.15) is 22.0 Å². The van der Waals surface area contributed by atoms with Crippen molar-refractivity contribution >= 4 is 5.97 Å². The molecule has 0 saturated carbocycles. The Morgan fingerprint density at radius 3 is 2.74 bits per heavy atom. The first-order chi connectivity index (χ1) is 9.17. The third kappa shape index (κ3) is 2.80. The van der Waals surface area contributed by atoms with Gasteiger partial charge in [-0.2, -0.15) is 0 Å². The van der Waals surface area contributed by atoms with E-state index in [0.717, 1.165) is 12.1 Å². The van der Waals surface area contributed by atoms with Crippen molar-refractivity contribution in [3.63, 3.8) is 0 Å². The molecule has 104 valence electrons. The van der Waals surface area contributed by atoms with Crippen molar-refractivity contribution < 1.29 is 24.1 Å². The van der Waals surface area contributed by atoms with Crippen LogP contribution in [0.4, 0.5) is 0 Å². The Bertz CT molecular complexity index is 468. The Hall–Kier alpha value is -1.79. The molecule has 1 unspecified atom stereocenters. The second-order valence-corrected chi connectivity index (χ2v) is 4.17. The molecule has 0 bridgehead atoms. The van der Waals surface area contributed by atoms with E-state index in [1.54, 1.807) is 12.1 Å². The summed E-state index contributed by atoms with van der Waals surface area (Å²) in [5.74, 6) is -0.435. The second-order valence-electron chi connectivity index (χ2n) is 4.17. The Kier molecular flexibility index (Phi) is 4.24. The summed E-state index contributed by atoms with van der Waals surface area (Å²) in [6, 6.07) is 3.32. The molecule has 1 atom stereocenters. The molecule has 6 heteroatoms. The number of benzene rings is 1. The van der Waals surface area contributed by atoms with Crippen LogP contribution in [-0.2, 0) is 4.74 Å². The molecule has 2 rings (SSSR count). The summed E-state index contributed by atoms with van der Waals surface area (Å²) in [4.78, 5) is 11.3. The van der Waals surface area contributed by atoms with Gasteiger partial charge in [0.1, 0.15) is 5.56 Å². The summed E-state index contributed by atoms with van der Waals surface area (Å²) in [7, 11) is 2.90. The van der Waals surface area contributed by atoms with Gasteiger partial charge in [0.2, 0.25) is 0 Å². The van der Waals surface area contributed by atoms with Crippen LogP contribution in [0.2, 0.25) is 0 Å². The first kappa shape index (κ1) is 13.6. The minimum Gasteiger partial charge on any atom is -0.493 e. The Balaban J connectivity index is 2.44. The quantitative estimate of drug-likeness (QED) is 0.849. The van der Waals surface area contributed by atoms with Crippen LogP contribution < -0.4 is 14.8 Å². The van der Waals surface area contributed by atoms with Crippen molar-refractivity contribution in [1.29, 1.82) is 0 Å². The molecule has 1 heterocycles. The zero-order valence-corrected chi connectivity index (χ0v) is 10.9. The molecule has 0 radical (unpaired) electrons. The third-order valence-corrected chi connectivity index (χ3v) is 3.03. The molecule has 1 aromatic rings. The number of ether oxygens (including phenoxy) is 3. The Morgan fingerprint density at radius 2 is 2.21 bits per heavy atom. The van der Waals surface area contributed by atoms with E-state index in [9.17, 15) is 9.90 Å². The lowest BCUT2D eigenvalue weighted by Gasteiger charge is -2.25. The molecule has 0 spiro atoms. The van der Waals surface area contributed by atoms with Crippen LogP contribution in [0.3, 0.4) is 0 Å². The maximum absolute atomic E-state index is 11.3. The van der Waals surface area contributed by atoms with Crippen LogP contribution >= 0.6 is 0 Å². The largest absolute Gasteiger partial charge is 0.493 e. The van der Waals surface area contributed by atoms with Crippen LogP contribution in [0.15, 0.2) is 12.1 Å². The fourth-order valence-corrected chi connectivity index (χ4v) is 2.11. The first-order valence-corrected chi connectivity index (χ1v) is 5.99. The normalized spacial score (nSPS) is 18.9. The Morgan fingerprint density at radius 1 is 1.42 bits per heavy atom. The standard InChI is InChI=1S/C13H17NO5/c1-17-10-6-8(11-7-14-3-4-19-11)5-9(13(15)16)12(10)18-2/h5-6,11,14H,3-4,7H2,1-2H3,(H,15,16). The van der Waals surface area contributed by atoms with E-state index in [1.165, 1.54) is 14.2 Å². The summed E-state index contributed by atoms with van der Waals surface area (Å²) in [5.41, 5.74) is 0.841. The number of carbonyl (C=O) groups is 1. The highest BCUT2D eigenvalue weighted by Crippen LogP contribution is 2.35. The maximum Gasteiger partial charge on any atom is 0.339 e. The van der Waals surface area contributed by atoms with Gasteiger partial charge in [-0.15, -0.1) is 0 Å². The average Bonchev–Trinajstić information content (AvgIpc) is 2.46. The van der Waals surface area contributed by atoms with E-state index in [0.29, 0.717) is 18.9 Å². The molecular weight excluding hydrogens is 250 g/mol. The summed E-state index contributed by atoms with van der Waals surface area (Å²) in [5, 5.41) is 12.5. The lowest BCUT2D eigenvalue weighted by atomic mass is 10.0. The van der Waals surface area contributed by atoms with E-state index >= 15 is 0 Å². The molecular formula is C13H17NO5. The van der Waals surface area contributed by atoms with Gasteiger partial charge in [-0.05, 0) is 17.7 Å². The highest BCUT2D eigenvalue weighted by molar-refractivity contribution is 5.92. The smallest absolute Gasteiger partial charge is 0.339 e. The van der Waals surface area contributed by atoms with Crippen LogP contribution in [0.25, 0.3) is 0 Å². The predicted molar refractivity (Wildman–Crippen MR) is 68.1 cm³/mol. The van der Waals surface area contributed by atoms with Gasteiger partial charge in [0.25, 0.3) is 0 Å². The number of rotatable bonds is 4. The number of hydrogen-bond donors (Lipinski definition) is 2. The predicted octanol–water partition coefficient (Wildman–Crippen LogP) is 1.06. The molecule has 0 aliphatic carbocycles. The Labute approximate surface area is 111 Å². The van der Waals surface area contributed by atoms with Gasteiger partial charge in [0.05, 0.1) is 26.9 Å². The van der Waals surface area contributed by atoms with Crippen molar-refractivity contribution in [1.82, 2.24) is 5.32 Å². The molecule has 1 aromatic carbocycles. The third-order valence-electron chi connectivity index (χ3n) is 3.03. The number of morpholine rings is 1. The van der Waals surface area contributed by atoms with Crippen molar-refractivity contribution in [3.05, 3.63) is 23.3 Å². The summed E-state index contributed by atoms with van der Waals surface area (Å²) in [6.07, 6.45) is -0.174. The van der Waals surface area contributed by atoms with Gasteiger partial charge in [-0.3, -0.25) is 0 Å². The molecule has 0 amide bonds. The number of nitrogens with one attached hydrogen (secondary N) is 1. The minimum absolute atomic E-state index is 0.0750. The molecule has 19 heavy (non-hydrogen) atoms. The van der Waals surface area contributed by atoms with E-state index < -0.39 is 5.97 Å². The molecule has 0 aromatic heterocycles. The van der Waals surface area contributed by atoms with Gasteiger partial charge in [0, 0.05) is 13.1 Å². The highest BCUT2D eigenvalue weighted by atomic mass is 16.5. The number of aromatic carboxylic acids is 1. The number of methoxy groups -OCH3 is 2. The lowest BCUT2D eigenvalue weighted by molar-refractivity contribution is 0.0274. The van der Waals surface area contributed by atoms with Crippen LogP contribution in [0.5, 0.6) is 11.5 Å².